The molecule has 0 saturated carbocycles. The van der Waals surface area contributed by atoms with E-state index in [-0.39, 0.29) is 0 Å². The SMILES string of the molecule is Cc1c(Br)cccc1-c1cc(C(C)O)on1. The van der Waals surface area contributed by atoms with Gasteiger partial charge in [0.1, 0.15) is 11.8 Å². The molecule has 2 rings (SSSR count). The van der Waals surface area contributed by atoms with E-state index in [0.29, 0.717) is 5.76 Å². The number of aliphatic hydroxyl groups is 1. The third kappa shape index (κ3) is 2.03. The Morgan fingerprint density at radius 2 is 2.19 bits per heavy atom. The van der Waals surface area contributed by atoms with E-state index in [1.165, 1.54) is 0 Å². The van der Waals surface area contributed by atoms with Crippen LogP contribution in [0.25, 0.3) is 11.3 Å². The summed E-state index contributed by atoms with van der Waals surface area (Å²) in [5.74, 6) is 0.481. The fraction of sp³-hybridized carbons (Fsp3) is 0.250. The molecule has 1 N–H and O–H groups in total. The lowest BCUT2D eigenvalue weighted by atomic mass is 10.1. The standard InChI is InChI=1S/C12H12BrNO2/c1-7-9(4-3-5-10(7)13)11-6-12(8(2)15)16-14-11/h3-6,8,15H,1-2H3. The highest BCUT2D eigenvalue weighted by Gasteiger charge is 2.12. The van der Waals surface area contributed by atoms with E-state index in [0.717, 1.165) is 21.3 Å². The molecule has 3 nitrogen and oxygen atoms in total. The number of benzene rings is 1. The van der Waals surface area contributed by atoms with Gasteiger partial charge >= 0.3 is 0 Å². The van der Waals surface area contributed by atoms with Crippen molar-refractivity contribution in [3.8, 4) is 11.3 Å². The van der Waals surface area contributed by atoms with Gasteiger partial charge in [0.2, 0.25) is 0 Å². The highest BCUT2D eigenvalue weighted by atomic mass is 79.9. The van der Waals surface area contributed by atoms with Crippen molar-refractivity contribution in [2.75, 3.05) is 0 Å². The van der Waals surface area contributed by atoms with Crippen LogP contribution in [0.3, 0.4) is 0 Å². The lowest BCUT2D eigenvalue weighted by molar-refractivity contribution is 0.158. The van der Waals surface area contributed by atoms with Gasteiger partial charge in [-0.05, 0) is 25.5 Å². The number of hydrogen-bond donors (Lipinski definition) is 1. The van der Waals surface area contributed by atoms with Gasteiger partial charge in [-0.2, -0.15) is 0 Å². The topological polar surface area (TPSA) is 46.3 Å². The van der Waals surface area contributed by atoms with Crippen LogP contribution in [0.5, 0.6) is 0 Å². The molecule has 4 heteroatoms. The van der Waals surface area contributed by atoms with E-state index in [9.17, 15) is 5.11 Å². The van der Waals surface area contributed by atoms with Crippen LogP contribution >= 0.6 is 15.9 Å². The average Bonchev–Trinajstić information content (AvgIpc) is 2.71. The van der Waals surface area contributed by atoms with Crippen molar-refractivity contribution in [1.82, 2.24) is 5.16 Å². The Morgan fingerprint density at radius 1 is 1.44 bits per heavy atom. The van der Waals surface area contributed by atoms with E-state index in [1.807, 2.05) is 25.1 Å². The number of hydrogen-bond acceptors (Lipinski definition) is 3. The zero-order valence-corrected chi connectivity index (χ0v) is 10.7. The second kappa shape index (κ2) is 4.39. The monoisotopic (exact) mass is 281 g/mol. The van der Waals surface area contributed by atoms with Gasteiger partial charge in [-0.3, -0.25) is 0 Å². The number of aliphatic hydroxyl groups excluding tert-OH is 1. The van der Waals surface area contributed by atoms with Crippen molar-refractivity contribution in [3.63, 3.8) is 0 Å². The van der Waals surface area contributed by atoms with Gasteiger partial charge in [-0.1, -0.05) is 33.2 Å². The quantitative estimate of drug-likeness (QED) is 0.917. The molecular formula is C12H12BrNO2. The predicted octanol–water partition coefficient (Wildman–Crippen LogP) is 3.47. The van der Waals surface area contributed by atoms with Crippen molar-refractivity contribution >= 4 is 15.9 Å². The molecule has 1 aromatic carbocycles. The minimum Gasteiger partial charge on any atom is -0.385 e. The molecular weight excluding hydrogens is 270 g/mol. The summed E-state index contributed by atoms with van der Waals surface area (Å²) in [6, 6.07) is 7.67. The molecule has 0 radical (unpaired) electrons. The van der Waals surface area contributed by atoms with Crippen LogP contribution in [0.1, 0.15) is 24.4 Å². The number of aromatic nitrogens is 1. The lowest BCUT2D eigenvalue weighted by Gasteiger charge is -2.03. The van der Waals surface area contributed by atoms with Crippen molar-refractivity contribution in [3.05, 3.63) is 40.1 Å². The second-order valence-corrected chi connectivity index (χ2v) is 4.56. The van der Waals surface area contributed by atoms with E-state index >= 15 is 0 Å². The summed E-state index contributed by atoms with van der Waals surface area (Å²) < 4.78 is 6.09. The van der Waals surface area contributed by atoms with Crippen molar-refractivity contribution in [1.29, 1.82) is 0 Å². The summed E-state index contributed by atoms with van der Waals surface area (Å²) in [6.07, 6.45) is -0.631. The summed E-state index contributed by atoms with van der Waals surface area (Å²) in [7, 11) is 0. The van der Waals surface area contributed by atoms with Gasteiger partial charge in [-0.25, -0.2) is 0 Å². The van der Waals surface area contributed by atoms with E-state index in [1.54, 1.807) is 13.0 Å². The van der Waals surface area contributed by atoms with Crippen LogP contribution in [0, 0.1) is 6.92 Å². The maximum Gasteiger partial charge on any atom is 0.165 e. The molecule has 16 heavy (non-hydrogen) atoms. The molecule has 0 aliphatic carbocycles. The first kappa shape index (κ1) is 11.4. The summed E-state index contributed by atoms with van der Waals surface area (Å²) in [6.45, 7) is 3.66. The van der Waals surface area contributed by atoms with Crippen LogP contribution in [0.15, 0.2) is 33.3 Å². The van der Waals surface area contributed by atoms with Crippen molar-refractivity contribution in [2.45, 2.75) is 20.0 Å². The summed E-state index contributed by atoms with van der Waals surface area (Å²) in [5, 5.41) is 13.3. The molecule has 0 bridgehead atoms. The summed E-state index contributed by atoms with van der Waals surface area (Å²) in [5.41, 5.74) is 2.85. The van der Waals surface area contributed by atoms with Gasteiger partial charge in [0.05, 0.1) is 0 Å². The summed E-state index contributed by atoms with van der Waals surface area (Å²) in [4.78, 5) is 0. The largest absolute Gasteiger partial charge is 0.385 e. The van der Waals surface area contributed by atoms with Crippen LogP contribution in [-0.2, 0) is 0 Å². The van der Waals surface area contributed by atoms with Gasteiger partial charge in [0.15, 0.2) is 5.76 Å². The van der Waals surface area contributed by atoms with E-state index < -0.39 is 6.10 Å². The van der Waals surface area contributed by atoms with E-state index in [2.05, 4.69) is 21.1 Å². The highest BCUT2D eigenvalue weighted by molar-refractivity contribution is 9.10. The fourth-order valence-electron chi connectivity index (χ4n) is 1.50. The van der Waals surface area contributed by atoms with Gasteiger partial charge in [0.25, 0.3) is 0 Å². The first-order valence-corrected chi connectivity index (χ1v) is 5.79. The van der Waals surface area contributed by atoms with E-state index in [4.69, 9.17) is 4.52 Å². The molecule has 1 atom stereocenters. The first-order valence-electron chi connectivity index (χ1n) is 4.99. The van der Waals surface area contributed by atoms with Crippen molar-refractivity contribution in [2.24, 2.45) is 0 Å². The third-order valence-corrected chi connectivity index (χ3v) is 3.34. The molecule has 1 unspecified atom stereocenters. The third-order valence-electron chi connectivity index (χ3n) is 2.48. The second-order valence-electron chi connectivity index (χ2n) is 3.70. The lowest BCUT2D eigenvalue weighted by Crippen LogP contribution is -1.86. The number of rotatable bonds is 2. The van der Waals surface area contributed by atoms with Crippen LogP contribution in [0.4, 0.5) is 0 Å². The molecule has 2 aromatic rings. The van der Waals surface area contributed by atoms with Gasteiger partial charge in [-0.15, -0.1) is 0 Å². The molecule has 84 valence electrons. The number of nitrogens with zero attached hydrogens (tertiary/aromatic N) is 1. The Labute approximate surface area is 102 Å². The Balaban J connectivity index is 2.47. The van der Waals surface area contributed by atoms with Gasteiger partial charge in [0, 0.05) is 16.1 Å². The maximum atomic E-state index is 9.36. The highest BCUT2D eigenvalue weighted by Crippen LogP contribution is 2.29. The smallest absolute Gasteiger partial charge is 0.165 e. The molecule has 0 saturated heterocycles. The zero-order chi connectivity index (χ0) is 11.7. The van der Waals surface area contributed by atoms with Crippen molar-refractivity contribution < 1.29 is 9.63 Å². The maximum absolute atomic E-state index is 9.36. The normalized spacial score (nSPS) is 12.8. The molecule has 1 aromatic heterocycles. The Kier molecular flexibility index (Phi) is 3.12. The molecule has 0 amide bonds. The summed E-state index contributed by atoms with van der Waals surface area (Å²) >= 11 is 3.47. The van der Waals surface area contributed by atoms with Crippen LogP contribution < -0.4 is 0 Å². The van der Waals surface area contributed by atoms with Crippen LogP contribution in [0.2, 0.25) is 0 Å². The Hall–Kier alpha value is -1.13. The molecule has 1 heterocycles. The predicted molar refractivity (Wildman–Crippen MR) is 65.0 cm³/mol. The fourth-order valence-corrected chi connectivity index (χ4v) is 1.86. The molecule has 0 aliphatic heterocycles. The Morgan fingerprint density at radius 3 is 2.81 bits per heavy atom. The minimum absolute atomic E-state index is 0.481. The average molecular weight is 282 g/mol. The van der Waals surface area contributed by atoms with Crippen LogP contribution in [-0.4, -0.2) is 10.3 Å². The Bertz CT molecular complexity index is 505. The number of halogens is 1. The minimum atomic E-state index is -0.631. The first-order chi connectivity index (χ1) is 7.59. The molecule has 0 fully saturated rings. The zero-order valence-electron chi connectivity index (χ0n) is 9.07. The molecule has 0 aliphatic rings. The molecule has 0 spiro atoms. The van der Waals surface area contributed by atoms with Gasteiger partial charge < -0.3 is 9.63 Å².